The first-order valence-corrected chi connectivity index (χ1v) is 17.7. The summed E-state index contributed by atoms with van der Waals surface area (Å²) in [6, 6.07) is -0.209. The number of alkyl halides is 1. The molecule has 7 heterocycles. The van der Waals surface area contributed by atoms with Crippen LogP contribution in [0.25, 0.3) is 28.1 Å². The third-order valence-corrected chi connectivity index (χ3v) is 11.0. The minimum Gasteiger partial charge on any atom is -0.382 e. The Bertz CT molecular complexity index is 2070. The van der Waals surface area contributed by atoms with Crippen molar-refractivity contribution in [3.8, 4) is 0 Å². The smallest absolute Gasteiger partial charge is 0.382 e. The zero-order valence-corrected chi connectivity index (χ0v) is 25.7. The lowest BCUT2D eigenvalue weighted by Gasteiger charge is -2.45. The first kappa shape index (κ1) is 29.2. The van der Waals surface area contributed by atoms with Crippen LogP contribution in [0.3, 0.4) is 0 Å². The Hall–Kier alpha value is -3.22. The summed E-state index contributed by atoms with van der Waals surface area (Å²) in [5.41, 5.74) is 6.65. The molecule has 3 fully saturated rings. The summed E-state index contributed by atoms with van der Waals surface area (Å²) < 4.78 is 75.0. The summed E-state index contributed by atoms with van der Waals surface area (Å²) in [6.07, 6.45) is 1.65. The van der Waals surface area contributed by atoms with Gasteiger partial charge in [-0.3, -0.25) is 23.0 Å². The molecule has 1 saturated carbocycles. The highest BCUT2D eigenvalue weighted by Crippen LogP contribution is 2.57. The van der Waals surface area contributed by atoms with Gasteiger partial charge in [0.1, 0.15) is 29.7 Å². The number of fused-ring (bicyclic) bond motifs is 6. The van der Waals surface area contributed by atoms with E-state index in [1.54, 1.807) is 6.33 Å². The average molecular weight is 683 g/mol. The number of nitrogens with zero attached hydrogens (tertiary/aromatic N) is 8. The normalized spacial score (nSPS) is 34.5. The van der Waals surface area contributed by atoms with Gasteiger partial charge in [-0.05, 0) is 12.3 Å². The number of nitrogens with two attached hydrogens (primary N) is 1. The molecule has 2 aliphatic heterocycles. The van der Waals surface area contributed by atoms with Crippen LogP contribution in [0.2, 0.25) is 0 Å². The summed E-state index contributed by atoms with van der Waals surface area (Å²) in [5, 5.41) is 0. The lowest BCUT2D eigenvalue weighted by Crippen LogP contribution is -2.43. The number of thiol groups is 1. The first-order chi connectivity index (χ1) is 21.7. The quantitative estimate of drug-likeness (QED) is 0.179. The second kappa shape index (κ2) is 10.9. The molecule has 22 heteroatoms. The maximum Gasteiger partial charge on any atom is 0.386 e. The number of hydrogen-bond acceptors (Lipinski definition) is 14. The largest absolute Gasteiger partial charge is 0.386 e. The van der Waals surface area contributed by atoms with Crippen LogP contribution in [0.5, 0.6) is 0 Å². The van der Waals surface area contributed by atoms with Gasteiger partial charge in [-0.2, -0.15) is 0 Å². The first-order valence-electron chi connectivity index (χ1n) is 13.8. The molecule has 3 aliphatic rings. The van der Waals surface area contributed by atoms with Crippen LogP contribution in [-0.4, -0.2) is 81.6 Å². The van der Waals surface area contributed by atoms with Gasteiger partial charge in [0, 0.05) is 24.4 Å². The minimum atomic E-state index is -4.01. The van der Waals surface area contributed by atoms with E-state index in [9.17, 15) is 13.9 Å². The third kappa shape index (κ3) is 4.91. The molecule has 2 saturated heterocycles. The van der Waals surface area contributed by atoms with Crippen molar-refractivity contribution >= 4 is 61.2 Å². The highest BCUT2D eigenvalue weighted by Gasteiger charge is 2.50. The molecule has 238 valence electrons. The highest BCUT2D eigenvalue weighted by molar-refractivity contribution is 8.44. The summed E-state index contributed by atoms with van der Waals surface area (Å²) >= 11 is 4.11. The Balaban J connectivity index is 1.08. The second-order valence-corrected chi connectivity index (χ2v) is 14.9. The minimum absolute atomic E-state index is 0.0262. The van der Waals surface area contributed by atoms with Crippen molar-refractivity contribution in [3.05, 3.63) is 41.7 Å². The van der Waals surface area contributed by atoms with Crippen molar-refractivity contribution in [1.29, 1.82) is 0 Å². The molecule has 9 atom stereocenters. The number of halogens is 1. The van der Waals surface area contributed by atoms with Crippen molar-refractivity contribution in [2.24, 2.45) is 11.8 Å². The molecule has 3 N–H and O–H groups in total. The number of ether oxygens (including phenoxy) is 1. The molecular weight excluding hydrogens is 657 g/mol. The van der Waals surface area contributed by atoms with Crippen LogP contribution in [0, 0.1) is 11.8 Å². The van der Waals surface area contributed by atoms with Gasteiger partial charge >= 0.3 is 15.1 Å². The summed E-state index contributed by atoms with van der Waals surface area (Å²) in [6.45, 7) is -4.64. The number of imidazole rings is 3. The van der Waals surface area contributed by atoms with Crippen molar-refractivity contribution in [3.63, 3.8) is 0 Å². The SMILES string of the molecule is Nc1ncnc2c1ncn2[C@@H]1C[C@@H]2CO[PH](=O)O[C@@H]3[C@H](F)[C@@H](CO[P@@](=O)(S)OC[C@H]21)O[C@H]3n1cnc2c(=O)n3ccnc3[nH]c21. The Morgan fingerprint density at radius 2 is 1.89 bits per heavy atom. The molecule has 45 heavy (non-hydrogen) atoms. The lowest BCUT2D eigenvalue weighted by molar-refractivity contribution is -0.0436. The van der Waals surface area contributed by atoms with E-state index >= 15 is 4.39 Å². The number of nitrogens with one attached hydrogen (secondary N) is 1. The van der Waals surface area contributed by atoms with Crippen molar-refractivity contribution in [2.45, 2.75) is 37.1 Å². The molecule has 0 aromatic carbocycles. The fourth-order valence-corrected chi connectivity index (χ4v) is 8.20. The van der Waals surface area contributed by atoms with E-state index < -0.39 is 51.8 Å². The Kier molecular flexibility index (Phi) is 7.10. The number of aromatic amines is 1. The lowest BCUT2D eigenvalue weighted by atomic mass is 9.70. The number of aromatic nitrogens is 9. The molecule has 0 radical (unpaired) electrons. The predicted molar refractivity (Wildman–Crippen MR) is 157 cm³/mol. The molecule has 1 unspecified atom stereocenters. The molecule has 5 aromatic heterocycles. The summed E-state index contributed by atoms with van der Waals surface area (Å²) in [4.78, 5) is 36.7. The topological polar surface area (TPSA) is 218 Å². The van der Waals surface area contributed by atoms with E-state index in [2.05, 4.69) is 42.2 Å². The van der Waals surface area contributed by atoms with Crippen molar-refractivity contribution in [1.82, 2.24) is 43.4 Å². The van der Waals surface area contributed by atoms with Crippen molar-refractivity contribution < 1.29 is 36.4 Å². The molecule has 2 bridgehead atoms. The van der Waals surface area contributed by atoms with Crippen LogP contribution < -0.4 is 11.3 Å². The number of rotatable bonds is 2. The fraction of sp³-hybridized carbons (Fsp3) is 0.478. The number of nitrogen functional groups attached to an aromatic ring is 1. The Morgan fingerprint density at radius 3 is 2.76 bits per heavy atom. The van der Waals surface area contributed by atoms with Crippen LogP contribution >= 0.6 is 27.3 Å². The van der Waals surface area contributed by atoms with Crippen LogP contribution in [-0.2, 0) is 32.0 Å². The van der Waals surface area contributed by atoms with Gasteiger partial charge in [0.05, 0.1) is 32.5 Å². The van der Waals surface area contributed by atoms with Gasteiger partial charge in [-0.1, -0.05) is 12.2 Å². The second-order valence-electron chi connectivity index (χ2n) is 10.9. The van der Waals surface area contributed by atoms with Crippen molar-refractivity contribution in [2.75, 3.05) is 25.6 Å². The molecule has 8 rings (SSSR count). The highest BCUT2D eigenvalue weighted by atomic mass is 32.7. The van der Waals surface area contributed by atoms with Gasteiger partial charge in [-0.25, -0.2) is 38.3 Å². The van der Waals surface area contributed by atoms with Crippen LogP contribution in [0.15, 0.2) is 36.2 Å². The number of H-pyrrole nitrogens is 1. The van der Waals surface area contributed by atoms with Gasteiger partial charge in [0.2, 0.25) is 5.78 Å². The molecule has 18 nitrogen and oxygen atoms in total. The molecule has 5 aromatic rings. The van der Waals surface area contributed by atoms with Gasteiger partial charge in [0.25, 0.3) is 5.56 Å². The molecule has 0 amide bonds. The van der Waals surface area contributed by atoms with Gasteiger partial charge in [-0.15, -0.1) is 0 Å². The third-order valence-electron chi connectivity index (χ3n) is 8.49. The van der Waals surface area contributed by atoms with Gasteiger partial charge in [0.15, 0.2) is 29.4 Å². The van der Waals surface area contributed by atoms with E-state index in [0.717, 1.165) is 0 Å². The zero-order chi connectivity index (χ0) is 31.0. The predicted octanol–water partition coefficient (Wildman–Crippen LogP) is 2.08. The zero-order valence-electron chi connectivity index (χ0n) is 23.0. The number of anilines is 1. The van der Waals surface area contributed by atoms with Gasteiger partial charge < -0.3 is 29.1 Å². The average Bonchev–Trinajstić information content (AvgIpc) is 3.79. The van der Waals surface area contributed by atoms with E-state index in [1.807, 2.05) is 4.57 Å². The standard InChI is InChI=1S/C23H25FN10O8P2S/c24-14-13-6-40-44(37,45)39-5-11-10(3-12(11)33-8-29-15-18(25)27-7-28-19(15)33)4-38-43(36)42-17(14)22(41-13)34-9-30-16-20(34)31-23-26-1-2-32(23)21(16)35/h1-2,7-14,17,22,43H,3-6H2,(H,26,31)(H,37,45)(H2,25,27,28)/t10-,11-,12-,13-,14-,17-,22-,44+/m1/s1. The maximum absolute atomic E-state index is 15.9. The molecule has 0 spiro atoms. The monoisotopic (exact) mass is 682 g/mol. The van der Waals surface area contributed by atoms with E-state index in [1.165, 1.54) is 34.0 Å². The Labute approximate surface area is 257 Å². The summed E-state index contributed by atoms with van der Waals surface area (Å²) in [5.74, 6) is -0.0680. The fourth-order valence-electron chi connectivity index (χ4n) is 6.15. The Morgan fingerprint density at radius 1 is 1.09 bits per heavy atom. The maximum atomic E-state index is 15.9. The summed E-state index contributed by atoms with van der Waals surface area (Å²) in [7, 11) is -3.27. The molecule has 1 aliphatic carbocycles. The number of hydrogen-bond donors (Lipinski definition) is 3. The van der Waals surface area contributed by atoms with E-state index in [4.69, 9.17) is 28.6 Å². The van der Waals surface area contributed by atoms with E-state index in [-0.39, 0.29) is 53.9 Å². The van der Waals surface area contributed by atoms with E-state index in [0.29, 0.717) is 17.6 Å². The van der Waals surface area contributed by atoms with Crippen LogP contribution in [0.4, 0.5) is 10.2 Å². The van der Waals surface area contributed by atoms with Crippen LogP contribution in [0.1, 0.15) is 18.7 Å². The molecular formula is C23H25FN10O8P2S.